The lowest BCUT2D eigenvalue weighted by molar-refractivity contribution is 0.0912. The van der Waals surface area contributed by atoms with E-state index < -0.39 is 23.6 Å². The Hall–Kier alpha value is -2.47. The highest BCUT2D eigenvalue weighted by atomic mass is 19.1. The molecule has 110 valence electrons. The molecule has 2 rings (SSSR count). The van der Waals surface area contributed by atoms with Crippen LogP contribution in [0.25, 0.3) is 0 Å². The molecule has 6 heteroatoms. The van der Waals surface area contributed by atoms with Crippen LogP contribution in [0.2, 0.25) is 0 Å². The fourth-order valence-corrected chi connectivity index (χ4v) is 1.90. The molecule has 0 saturated heterocycles. The minimum Gasteiger partial charge on any atom is -0.396 e. The Morgan fingerprint density at radius 1 is 1.19 bits per heavy atom. The molecule has 21 heavy (non-hydrogen) atoms. The third kappa shape index (κ3) is 3.35. The van der Waals surface area contributed by atoms with Gasteiger partial charge >= 0.3 is 0 Å². The Kier molecular flexibility index (Phi) is 4.49. The summed E-state index contributed by atoms with van der Waals surface area (Å²) in [6, 6.07) is 9.53. The Morgan fingerprint density at radius 3 is 2.48 bits per heavy atom. The van der Waals surface area contributed by atoms with E-state index in [-0.39, 0.29) is 17.9 Å². The number of aliphatic hydroxyl groups is 1. The first-order valence-corrected chi connectivity index (χ1v) is 6.24. The van der Waals surface area contributed by atoms with E-state index in [0.717, 1.165) is 6.07 Å². The molecule has 0 aliphatic heterocycles. The van der Waals surface area contributed by atoms with E-state index in [9.17, 15) is 18.7 Å². The van der Waals surface area contributed by atoms with Gasteiger partial charge in [-0.1, -0.05) is 30.3 Å². The van der Waals surface area contributed by atoms with Gasteiger partial charge in [-0.15, -0.1) is 0 Å². The summed E-state index contributed by atoms with van der Waals surface area (Å²) in [5, 5.41) is 11.8. The summed E-state index contributed by atoms with van der Waals surface area (Å²) in [5.74, 6) is -2.71. The van der Waals surface area contributed by atoms with Gasteiger partial charge in [-0.05, 0) is 11.6 Å². The van der Waals surface area contributed by atoms with Crippen molar-refractivity contribution in [3.05, 3.63) is 65.2 Å². The smallest absolute Gasteiger partial charge is 0.254 e. The van der Waals surface area contributed by atoms with Crippen molar-refractivity contribution in [2.24, 2.45) is 0 Å². The molecule has 0 aromatic heterocycles. The molecule has 4 N–H and O–H groups in total. The second kappa shape index (κ2) is 6.32. The molecule has 0 bridgehead atoms. The van der Waals surface area contributed by atoms with Crippen LogP contribution >= 0.6 is 0 Å². The molecule has 0 saturated carbocycles. The highest BCUT2D eigenvalue weighted by molar-refractivity contribution is 5.95. The number of hydrogen-bond donors (Lipinski definition) is 3. The summed E-state index contributed by atoms with van der Waals surface area (Å²) in [6.07, 6.45) is 0. The van der Waals surface area contributed by atoms with Crippen molar-refractivity contribution in [1.82, 2.24) is 5.32 Å². The number of carbonyl (C=O) groups is 1. The molecule has 2 aromatic carbocycles. The minimum atomic E-state index is -1.01. The van der Waals surface area contributed by atoms with Gasteiger partial charge < -0.3 is 16.2 Å². The largest absolute Gasteiger partial charge is 0.396 e. The van der Waals surface area contributed by atoms with Crippen LogP contribution in [0.5, 0.6) is 0 Å². The van der Waals surface area contributed by atoms with Crippen molar-refractivity contribution in [3.8, 4) is 0 Å². The molecule has 0 aliphatic rings. The molecule has 0 unspecified atom stereocenters. The third-order valence-electron chi connectivity index (χ3n) is 3.02. The predicted octanol–water partition coefficient (Wildman–Crippen LogP) is 2.01. The topological polar surface area (TPSA) is 75.4 Å². The van der Waals surface area contributed by atoms with Gasteiger partial charge in [-0.25, -0.2) is 8.78 Å². The lowest BCUT2D eigenvalue weighted by Crippen LogP contribution is -2.31. The normalized spacial score (nSPS) is 12.0. The maximum atomic E-state index is 13.6. The van der Waals surface area contributed by atoms with Crippen LogP contribution in [0.15, 0.2) is 42.5 Å². The first-order chi connectivity index (χ1) is 10.0. The van der Waals surface area contributed by atoms with Crippen LogP contribution in [0, 0.1) is 11.6 Å². The fraction of sp³-hybridized carbons (Fsp3) is 0.133. The molecular formula is C15H14F2N2O2. The Bertz CT molecular complexity index is 648. The molecular weight excluding hydrogens is 278 g/mol. The zero-order chi connectivity index (χ0) is 15.4. The number of nitrogen functional groups attached to an aromatic ring is 1. The third-order valence-corrected chi connectivity index (χ3v) is 3.02. The lowest BCUT2D eigenvalue weighted by Gasteiger charge is -2.17. The number of nitrogens with two attached hydrogens (primary N) is 1. The van der Waals surface area contributed by atoms with Crippen LogP contribution < -0.4 is 11.1 Å². The van der Waals surface area contributed by atoms with E-state index in [4.69, 9.17) is 5.73 Å². The van der Waals surface area contributed by atoms with Crippen molar-refractivity contribution >= 4 is 11.6 Å². The van der Waals surface area contributed by atoms with Gasteiger partial charge in [-0.3, -0.25) is 4.79 Å². The minimum absolute atomic E-state index is 0.318. The van der Waals surface area contributed by atoms with Gasteiger partial charge in [-0.2, -0.15) is 0 Å². The molecule has 4 nitrogen and oxygen atoms in total. The molecule has 0 aliphatic carbocycles. The Morgan fingerprint density at radius 2 is 1.86 bits per heavy atom. The molecule has 1 amide bonds. The van der Waals surface area contributed by atoms with E-state index in [0.29, 0.717) is 11.6 Å². The summed E-state index contributed by atoms with van der Waals surface area (Å²) in [7, 11) is 0. The van der Waals surface area contributed by atoms with Crippen molar-refractivity contribution in [3.63, 3.8) is 0 Å². The van der Waals surface area contributed by atoms with Crippen molar-refractivity contribution in [2.75, 3.05) is 12.3 Å². The Labute approximate surface area is 120 Å². The fourth-order valence-electron chi connectivity index (χ4n) is 1.90. The summed E-state index contributed by atoms with van der Waals surface area (Å²) in [5.41, 5.74) is 5.31. The second-order valence-electron chi connectivity index (χ2n) is 4.47. The van der Waals surface area contributed by atoms with Gasteiger partial charge in [0.2, 0.25) is 0 Å². The number of rotatable bonds is 4. The predicted molar refractivity (Wildman–Crippen MR) is 74.5 cm³/mol. The number of nitrogens with one attached hydrogen (secondary N) is 1. The Balaban J connectivity index is 2.23. The molecule has 0 fully saturated rings. The van der Waals surface area contributed by atoms with Gasteiger partial charge in [0.25, 0.3) is 5.91 Å². The molecule has 0 radical (unpaired) electrons. The monoisotopic (exact) mass is 292 g/mol. The maximum absolute atomic E-state index is 13.6. The second-order valence-corrected chi connectivity index (χ2v) is 4.47. The number of anilines is 1. The van der Waals surface area contributed by atoms with Gasteiger partial charge in [0.15, 0.2) is 0 Å². The number of carbonyl (C=O) groups excluding carboxylic acids is 1. The first-order valence-electron chi connectivity index (χ1n) is 6.24. The van der Waals surface area contributed by atoms with Crippen LogP contribution in [0.3, 0.4) is 0 Å². The number of benzene rings is 2. The summed E-state index contributed by atoms with van der Waals surface area (Å²) in [6.45, 7) is -0.353. The molecule has 0 spiro atoms. The van der Waals surface area contributed by atoms with E-state index in [1.165, 1.54) is 0 Å². The summed E-state index contributed by atoms with van der Waals surface area (Å²) < 4.78 is 26.7. The quantitative estimate of drug-likeness (QED) is 0.755. The summed E-state index contributed by atoms with van der Waals surface area (Å²) >= 11 is 0. The first kappa shape index (κ1) is 14.9. The zero-order valence-electron chi connectivity index (χ0n) is 11.0. The SMILES string of the molecule is Nc1cc(C(=O)N[C@@H](CO)c2ccccc2)c(F)cc1F. The van der Waals surface area contributed by atoms with Gasteiger partial charge in [0, 0.05) is 6.07 Å². The average Bonchev–Trinajstić information content (AvgIpc) is 2.49. The summed E-state index contributed by atoms with van der Waals surface area (Å²) in [4.78, 5) is 12.0. The van der Waals surface area contributed by atoms with E-state index in [1.54, 1.807) is 30.3 Å². The number of halogens is 2. The van der Waals surface area contributed by atoms with Crippen molar-refractivity contribution in [1.29, 1.82) is 0 Å². The van der Waals surface area contributed by atoms with Crippen molar-refractivity contribution in [2.45, 2.75) is 6.04 Å². The average molecular weight is 292 g/mol. The van der Waals surface area contributed by atoms with Gasteiger partial charge in [0.05, 0.1) is 23.9 Å². The number of aliphatic hydroxyl groups excluding tert-OH is 1. The molecule has 2 aromatic rings. The highest BCUT2D eigenvalue weighted by Gasteiger charge is 2.19. The zero-order valence-corrected chi connectivity index (χ0v) is 11.0. The van der Waals surface area contributed by atoms with Crippen LogP contribution in [-0.4, -0.2) is 17.6 Å². The van der Waals surface area contributed by atoms with Crippen LogP contribution in [0.1, 0.15) is 22.0 Å². The highest BCUT2D eigenvalue weighted by Crippen LogP contribution is 2.18. The molecule has 1 atom stereocenters. The van der Waals surface area contributed by atoms with E-state index >= 15 is 0 Å². The van der Waals surface area contributed by atoms with Crippen LogP contribution in [0.4, 0.5) is 14.5 Å². The van der Waals surface area contributed by atoms with Gasteiger partial charge in [0.1, 0.15) is 11.6 Å². The maximum Gasteiger partial charge on any atom is 0.254 e. The number of hydrogen-bond acceptors (Lipinski definition) is 3. The van der Waals surface area contributed by atoms with Crippen molar-refractivity contribution < 1.29 is 18.7 Å². The molecule has 0 heterocycles. The van der Waals surface area contributed by atoms with E-state index in [1.807, 2.05) is 0 Å². The lowest BCUT2D eigenvalue weighted by atomic mass is 10.1. The van der Waals surface area contributed by atoms with Crippen LogP contribution in [-0.2, 0) is 0 Å². The standard InChI is InChI=1S/C15H14F2N2O2/c16-11-7-12(17)13(18)6-10(11)15(21)19-14(8-20)9-4-2-1-3-5-9/h1-7,14,20H,8,18H2,(H,19,21)/t14-/m0/s1. The van der Waals surface area contributed by atoms with E-state index in [2.05, 4.69) is 5.32 Å². The number of amides is 1.